The van der Waals surface area contributed by atoms with Crippen LogP contribution in [-0.4, -0.2) is 33.9 Å². The van der Waals surface area contributed by atoms with Gasteiger partial charge < -0.3 is 9.64 Å². The molecule has 0 saturated carbocycles. The predicted molar refractivity (Wildman–Crippen MR) is 79.8 cm³/mol. The van der Waals surface area contributed by atoms with E-state index in [0.29, 0.717) is 16.8 Å². The van der Waals surface area contributed by atoms with E-state index in [1.807, 2.05) is 0 Å². The Labute approximate surface area is 129 Å². The summed E-state index contributed by atoms with van der Waals surface area (Å²) in [7, 11) is -2.54. The quantitative estimate of drug-likeness (QED) is 0.813. The Morgan fingerprint density at radius 1 is 1.32 bits per heavy atom. The van der Waals surface area contributed by atoms with Gasteiger partial charge in [-0.05, 0) is 37.1 Å². The standard InChI is InChI=1S/C14H18N2O5S/c1-8-4-11(5-9(2)13(8)22(15,19)20)16-7-10(6-12(16)17)14(18)21-3/h4-5,10H,6-7H2,1-3H3,(H2,15,19,20). The van der Waals surface area contributed by atoms with Crippen LogP contribution < -0.4 is 10.0 Å². The second-order valence-corrected chi connectivity index (χ2v) is 6.88. The molecule has 1 aromatic carbocycles. The number of nitrogens with zero attached hydrogens (tertiary/aromatic N) is 1. The fraction of sp³-hybridized carbons (Fsp3) is 0.429. The maximum atomic E-state index is 12.1. The van der Waals surface area contributed by atoms with Crippen molar-refractivity contribution in [3.05, 3.63) is 23.3 Å². The maximum absolute atomic E-state index is 12.1. The molecule has 1 amide bonds. The Hall–Kier alpha value is -1.93. The van der Waals surface area contributed by atoms with E-state index in [0.717, 1.165) is 0 Å². The van der Waals surface area contributed by atoms with E-state index in [1.54, 1.807) is 26.0 Å². The highest BCUT2D eigenvalue weighted by molar-refractivity contribution is 7.89. The first-order valence-electron chi connectivity index (χ1n) is 6.67. The molecule has 0 aliphatic carbocycles. The lowest BCUT2D eigenvalue weighted by Gasteiger charge is -2.19. The Balaban J connectivity index is 2.39. The zero-order valence-electron chi connectivity index (χ0n) is 12.6. The van der Waals surface area contributed by atoms with Crippen LogP contribution in [0.4, 0.5) is 5.69 Å². The Morgan fingerprint density at radius 3 is 2.32 bits per heavy atom. The van der Waals surface area contributed by atoms with Gasteiger partial charge in [-0.1, -0.05) is 0 Å². The number of methoxy groups -OCH3 is 1. The summed E-state index contributed by atoms with van der Waals surface area (Å²) in [6, 6.07) is 3.18. The number of esters is 1. The molecule has 120 valence electrons. The molecule has 0 bridgehead atoms. The molecule has 0 spiro atoms. The highest BCUT2D eigenvalue weighted by atomic mass is 32.2. The summed E-state index contributed by atoms with van der Waals surface area (Å²) in [5, 5.41) is 5.20. The number of primary sulfonamides is 1. The lowest BCUT2D eigenvalue weighted by atomic mass is 10.1. The summed E-state index contributed by atoms with van der Waals surface area (Å²) in [6.45, 7) is 3.46. The van der Waals surface area contributed by atoms with Gasteiger partial charge in [0, 0.05) is 18.7 Å². The number of amides is 1. The van der Waals surface area contributed by atoms with E-state index < -0.39 is 21.9 Å². The number of hydrogen-bond acceptors (Lipinski definition) is 5. The van der Waals surface area contributed by atoms with Crippen LogP contribution in [0.3, 0.4) is 0 Å². The van der Waals surface area contributed by atoms with Crippen molar-refractivity contribution in [2.45, 2.75) is 25.2 Å². The first-order valence-corrected chi connectivity index (χ1v) is 8.22. The molecule has 7 nitrogen and oxygen atoms in total. The molecular formula is C14H18N2O5S. The summed E-state index contributed by atoms with van der Waals surface area (Å²) < 4.78 is 27.8. The van der Waals surface area contributed by atoms with E-state index in [1.165, 1.54) is 12.0 Å². The molecule has 0 aromatic heterocycles. The van der Waals surface area contributed by atoms with Gasteiger partial charge in [0.1, 0.15) is 0 Å². The first kappa shape index (κ1) is 16.4. The zero-order valence-corrected chi connectivity index (χ0v) is 13.4. The van der Waals surface area contributed by atoms with Crippen molar-refractivity contribution >= 4 is 27.6 Å². The Kier molecular flexibility index (Phi) is 4.25. The van der Waals surface area contributed by atoms with Crippen LogP contribution in [0.2, 0.25) is 0 Å². The summed E-state index contributed by atoms with van der Waals surface area (Å²) in [5.74, 6) is -1.13. The van der Waals surface area contributed by atoms with Crippen molar-refractivity contribution in [2.24, 2.45) is 11.1 Å². The number of benzene rings is 1. The van der Waals surface area contributed by atoms with E-state index in [4.69, 9.17) is 5.14 Å². The monoisotopic (exact) mass is 326 g/mol. The Bertz CT molecular complexity index is 719. The van der Waals surface area contributed by atoms with Crippen LogP contribution in [0, 0.1) is 19.8 Å². The molecule has 2 rings (SSSR count). The third kappa shape index (κ3) is 2.97. The number of sulfonamides is 1. The van der Waals surface area contributed by atoms with E-state index in [9.17, 15) is 18.0 Å². The van der Waals surface area contributed by atoms with Gasteiger partial charge in [-0.3, -0.25) is 9.59 Å². The molecule has 0 radical (unpaired) electrons. The summed E-state index contributed by atoms with van der Waals surface area (Å²) in [6.07, 6.45) is 0.0850. The minimum absolute atomic E-state index is 0.0624. The van der Waals surface area contributed by atoms with Crippen LogP contribution >= 0.6 is 0 Å². The van der Waals surface area contributed by atoms with Gasteiger partial charge in [0.05, 0.1) is 17.9 Å². The molecule has 1 heterocycles. The van der Waals surface area contributed by atoms with Crippen molar-refractivity contribution in [1.82, 2.24) is 0 Å². The van der Waals surface area contributed by atoms with Gasteiger partial charge in [0.15, 0.2) is 0 Å². The first-order chi connectivity index (χ1) is 10.1. The van der Waals surface area contributed by atoms with Crippen molar-refractivity contribution < 1.29 is 22.7 Å². The normalized spacial score (nSPS) is 18.6. The highest BCUT2D eigenvalue weighted by Crippen LogP contribution is 2.30. The molecule has 1 aliphatic rings. The van der Waals surface area contributed by atoms with Gasteiger partial charge in [-0.15, -0.1) is 0 Å². The second-order valence-electron chi connectivity index (χ2n) is 5.38. The molecule has 1 aromatic rings. The molecule has 1 fully saturated rings. The van der Waals surface area contributed by atoms with Gasteiger partial charge in [0.2, 0.25) is 15.9 Å². The largest absolute Gasteiger partial charge is 0.469 e. The molecular weight excluding hydrogens is 308 g/mol. The van der Waals surface area contributed by atoms with Gasteiger partial charge in [0.25, 0.3) is 0 Å². The number of ether oxygens (including phenoxy) is 1. The van der Waals surface area contributed by atoms with E-state index in [-0.39, 0.29) is 23.8 Å². The third-order valence-corrected chi connectivity index (χ3v) is 4.91. The molecule has 22 heavy (non-hydrogen) atoms. The zero-order chi connectivity index (χ0) is 16.7. The van der Waals surface area contributed by atoms with Gasteiger partial charge in [-0.25, -0.2) is 13.6 Å². The molecule has 2 N–H and O–H groups in total. The average Bonchev–Trinajstić information content (AvgIpc) is 2.77. The van der Waals surface area contributed by atoms with Crippen LogP contribution in [0.5, 0.6) is 0 Å². The van der Waals surface area contributed by atoms with Crippen molar-refractivity contribution in [2.75, 3.05) is 18.6 Å². The minimum atomic E-state index is -3.82. The summed E-state index contributed by atoms with van der Waals surface area (Å²) in [5.41, 5.74) is 1.48. The number of carbonyl (C=O) groups excluding carboxylic acids is 2. The van der Waals surface area contributed by atoms with Crippen LogP contribution in [0.15, 0.2) is 17.0 Å². The topological polar surface area (TPSA) is 107 Å². The van der Waals surface area contributed by atoms with Crippen molar-refractivity contribution in [3.8, 4) is 0 Å². The number of aryl methyl sites for hydroxylation is 2. The van der Waals surface area contributed by atoms with Crippen molar-refractivity contribution in [3.63, 3.8) is 0 Å². The van der Waals surface area contributed by atoms with Crippen LogP contribution in [-0.2, 0) is 24.3 Å². The maximum Gasteiger partial charge on any atom is 0.311 e. The minimum Gasteiger partial charge on any atom is -0.469 e. The van der Waals surface area contributed by atoms with Crippen LogP contribution in [0.1, 0.15) is 17.5 Å². The average molecular weight is 326 g/mol. The lowest BCUT2D eigenvalue weighted by Crippen LogP contribution is -2.26. The fourth-order valence-electron chi connectivity index (χ4n) is 2.81. The lowest BCUT2D eigenvalue weighted by molar-refractivity contribution is -0.145. The number of rotatable bonds is 3. The number of nitrogens with two attached hydrogens (primary N) is 1. The summed E-state index contributed by atoms with van der Waals surface area (Å²) >= 11 is 0. The molecule has 1 saturated heterocycles. The molecule has 8 heteroatoms. The van der Waals surface area contributed by atoms with E-state index in [2.05, 4.69) is 4.74 Å². The van der Waals surface area contributed by atoms with E-state index >= 15 is 0 Å². The third-order valence-electron chi connectivity index (χ3n) is 3.70. The highest BCUT2D eigenvalue weighted by Gasteiger charge is 2.36. The molecule has 1 unspecified atom stereocenters. The van der Waals surface area contributed by atoms with Crippen LogP contribution in [0.25, 0.3) is 0 Å². The SMILES string of the molecule is COC(=O)C1CC(=O)N(c2cc(C)c(S(N)(=O)=O)c(C)c2)C1. The Morgan fingerprint density at radius 2 is 1.86 bits per heavy atom. The fourth-order valence-corrected chi connectivity index (χ4v) is 3.83. The summed E-state index contributed by atoms with van der Waals surface area (Å²) in [4.78, 5) is 25.2. The number of hydrogen-bond donors (Lipinski definition) is 1. The predicted octanol–water partition coefficient (Wildman–Crippen LogP) is 0.477. The van der Waals surface area contributed by atoms with Crippen molar-refractivity contribution in [1.29, 1.82) is 0 Å². The number of anilines is 1. The second kappa shape index (κ2) is 5.69. The molecule has 1 aliphatic heterocycles. The molecule has 1 atom stereocenters. The van der Waals surface area contributed by atoms with Gasteiger partial charge >= 0.3 is 5.97 Å². The smallest absolute Gasteiger partial charge is 0.311 e. The number of carbonyl (C=O) groups is 2. The van der Waals surface area contributed by atoms with Gasteiger partial charge in [-0.2, -0.15) is 0 Å².